The largest absolute Gasteiger partial charge is 0.456 e. The first-order valence-electron chi connectivity index (χ1n) is 9.17. The Bertz CT molecular complexity index is 926. The molecule has 3 heteroatoms. The van der Waals surface area contributed by atoms with Crippen LogP contribution in [0.4, 0.5) is 5.69 Å². The third-order valence-electron chi connectivity index (χ3n) is 5.47. The van der Waals surface area contributed by atoms with Gasteiger partial charge in [0.05, 0.1) is 6.07 Å². The number of hydrogen-bond donors (Lipinski definition) is 0. The number of rotatable bonds is 1. The number of fused-ring (bicyclic) bond motifs is 2. The zero-order valence-electron chi connectivity index (χ0n) is 14.0. The van der Waals surface area contributed by atoms with E-state index >= 15 is 0 Å². The fourth-order valence-electron chi connectivity index (χ4n) is 4.09. The molecule has 4 aliphatic rings. The lowest BCUT2D eigenvalue weighted by molar-refractivity contribution is 0.614. The van der Waals surface area contributed by atoms with E-state index in [1.54, 1.807) is 0 Å². The van der Waals surface area contributed by atoms with Crippen LogP contribution in [0.5, 0.6) is 0 Å². The van der Waals surface area contributed by atoms with Gasteiger partial charge in [0.2, 0.25) is 5.36 Å². The minimum absolute atomic E-state index is 0.991. The zero-order chi connectivity index (χ0) is 15.9. The predicted molar refractivity (Wildman–Crippen MR) is 98.5 cm³/mol. The molecule has 1 aromatic carbocycles. The lowest BCUT2D eigenvalue weighted by Gasteiger charge is -2.18. The van der Waals surface area contributed by atoms with Crippen molar-refractivity contribution >= 4 is 16.7 Å². The Morgan fingerprint density at radius 1 is 0.833 bits per heavy atom. The highest BCUT2D eigenvalue weighted by molar-refractivity contribution is 5.85. The van der Waals surface area contributed by atoms with Crippen molar-refractivity contribution in [2.24, 2.45) is 0 Å². The molecule has 0 saturated carbocycles. The summed E-state index contributed by atoms with van der Waals surface area (Å²) in [6.07, 6.45) is 5.19. The molecule has 3 nitrogen and oxygen atoms in total. The van der Waals surface area contributed by atoms with Crippen LogP contribution in [0.1, 0.15) is 25.7 Å². The Kier molecular flexibility index (Phi) is 3.32. The van der Waals surface area contributed by atoms with Gasteiger partial charge in [0.25, 0.3) is 0 Å². The summed E-state index contributed by atoms with van der Waals surface area (Å²) in [6, 6.07) is 15.5. The molecule has 3 heterocycles. The zero-order valence-corrected chi connectivity index (χ0v) is 14.0. The van der Waals surface area contributed by atoms with Crippen LogP contribution in [0.3, 0.4) is 0 Å². The maximum atomic E-state index is 6.29. The van der Waals surface area contributed by atoms with Gasteiger partial charge in [-0.05, 0) is 37.1 Å². The molecule has 0 bridgehead atoms. The average Bonchev–Trinajstić information content (AvgIpc) is 3.32. The van der Waals surface area contributed by atoms with Crippen LogP contribution in [0.2, 0.25) is 0 Å². The molecule has 5 rings (SSSR count). The van der Waals surface area contributed by atoms with E-state index in [1.165, 1.54) is 47.7 Å². The minimum atomic E-state index is 0.991. The Morgan fingerprint density at radius 3 is 2.50 bits per heavy atom. The second-order valence-electron chi connectivity index (χ2n) is 7.08. The molecule has 0 N–H and O–H groups in total. The number of benzene rings is 2. The van der Waals surface area contributed by atoms with Gasteiger partial charge in [-0.15, -0.1) is 0 Å². The van der Waals surface area contributed by atoms with E-state index in [9.17, 15) is 0 Å². The summed E-state index contributed by atoms with van der Waals surface area (Å²) in [5, 5.41) is 2.47. The number of hydrogen-bond acceptors (Lipinski definition) is 2. The molecule has 122 valence electrons. The molecule has 1 aliphatic carbocycles. The van der Waals surface area contributed by atoms with Gasteiger partial charge in [0.15, 0.2) is 0 Å². The third kappa shape index (κ3) is 2.39. The lowest BCUT2D eigenvalue weighted by atomic mass is 10.1. The van der Waals surface area contributed by atoms with Crippen molar-refractivity contribution in [1.82, 2.24) is 4.58 Å². The highest BCUT2D eigenvalue weighted by Gasteiger charge is 2.17. The van der Waals surface area contributed by atoms with E-state index in [0.717, 1.165) is 37.5 Å². The van der Waals surface area contributed by atoms with Crippen LogP contribution < -0.4 is 14.8 Å². The summed E-state index contributed by atoms with van der Waals surface area (Å²) in [5.41, 5.74) is 3.46. The summed E-state index contributed by atoms with van der Waals surface area (Å²) in [5.74, 6) is 0.991. The van der Waals surface area contributed by atoms with Crippen LogP contribution in [0, 0.1) is 0 Å². The number of nitrogens with zero attached hydrogens (tertiary/aromatic N) is 2. The van der Waals surface area contributed by atoms with E-state index in [-0.39, 0.29) is 0 Å². The normalized spacial score (nSPS) is 18.2. The molecule has 0 unspecified atom stereocenters. The van der Waals surface area contributed by atoms with Gasteiger partial charge in [-0.25, -0.2) is 4.58 Å². The standard InChI is InChI=1S/C21H23N2O/c1-2-10-22(9-1)18-7-5-16-13-17-6-8-19(23-11-3-4-12-23)15-21(17)24-20(16)14-18/h5-8,13-15H,1-4,9-12H2/q+1. The summed E-state index contributed by atoms with van der Waals surface area (Å²) < 4.78 is 8.75. The van der Waals surface area contributed by atoms with Gasteiger partial charge in [0.1, 0.15) is 24.4 Å². The first-order valence-corrected chi connectivity index (χ1v) is 9.17. The SMILES string of the molecule is c1cc(=[N+]2CCCC2)cc2oc3cc(N4CCCC4)ccc3cc1-2. The minimum Gasteiger partial charge on any atom is -0.456 e. The summed E-state index contributed by atoms with van der Waals surface area (Å²) in [7, 11) is 0. The van der Waals surface area contributed by atoms with E-state index < -0.39 is 0 Å². The Balaban J connectivity index is 1.66. The van der Waals surface area contributed by atoms with Crippen molar-refractivity contribution in [3.8, 4) is 11.3 Å². The molecule has 0 radical (unpaired) electrons. The monoisotopic (exact) mass is 319 g/mol. The molecular weight excluding hydrogens is 296 g/mol. The second kappa shape index (κ2) is 5.66. The van der Waals surface area contributed by atoms with Crippen molar-refractivity contribution < 1.29 is 4.42 Å². The molecule has 0 spiro atoms. The van der Waals surface area contributed by atoms with Crippen molar-refractivity contribution in [2.75, 3.05) is 31.1 Å². The van der Waals surface area contributed by atoms with E-state index in [1.807, 2.05) is 0 Å². The molecule has 2 fully saturated rings. The molecule has 0 amide bonds. The van der Waals surface area contributed by atoms with E-state index in [2.05, 4.69) is 51.9 Å². The third-order valence-corrected chi connectivity index (χ3v) is 5.47. The Labute approximate surface area is 142 Å². The van der Waals surface area contributed by atoms with Gasteiger partial charge in [-0.1, -0.05) is 0 Å². The summed E-state index contributed by atoms with van der Waals surface area (Å²) in [6.45, 7) is 4.66. The Morgan fingerprint density at radius 2 is 1.67 bits per heavy atom. The first-order chi connectivity index (χ1) is 11.9. The quantitative estimate of drug-likeness (QED) is 0.503. The molecule has 1 aromatic rings. The van der Waals surface area contributed by atoms with E-state index in [0.29, 0.717) is 0 Å². The van der Waals surface area contributed by atoms with E-state index in [4.69, 9.17) is 4.42 Å². The fraction of sp³-hybridized carbons (Fsp3) is 0.381. The summed E-state index contributed by atoms with van der Waals surface area (Å²) in [4.78, 5) is 2.46. The maximum Gasteiger partial charge on any atom is 0.203 e. The molecule has 2 saturated heterocycles. The smallest absolute Gasteiger partial charge is 0.203 e. The van der Waals surface area contributed by atoms with Gasteiger partial charge in [0, 0.05) is 54.7 Å². The summed E-state index contributed by atoms with van der Waals surface area (Å²) >= 11 is 0. The number of anilines is 1. The molecule has 3 aliphatic heterocycles. The van der Waals surface area contributed by atoms with Gasteiger partial charge < -0.3 is 9.32 Å². The maximum absolute atomic E-state index is 6.29. The molecular formula is C21H23N2O+. The first kappa shape index (κ1) is 14.1. The van der Waals surface area contributed by atoms with Crippen LogP contribution >= 0.6 is 0 Å². The van der Waals surface area contributed by atoms with Crippen molar-refractivity contribution in [3.05, 3.63) is 47.8 Å². The van der Waals surface area contributed by atoms with Crippen LogP contribution in [-0.4, -0.2) is 26.2 Å². The van der Waals surface area contributed by atoms with Crippen molar-refractivity contribution in [3.63, 3.8) is 0 Å². The van der Waals surface area contributed by atoms with Gasteiger partial charge in [-0.2, -0.15) is 0 Å². The average molecular weight is 319 g/mol. The van der Waals surface area contributed by atoms with Crippen LogP contribution in [-0.2, 0) is 0 Å². The van der Waals surface area contributed by atoms with Crippen molar-refractivity contribution in [2.45, 2.75) is 25.7 Å². The fourth-order valence-corrected chi connectivity index (χ4v) is 4.09. The topological polar surface area (TPSA) is 19.4 Å². The highest BCUT2D eigenvalue weighted by Crippen LogP contribution is 2.30. The van der Waals surface area contributed by atoms with Gasteiger partial charge in [-0.3, -0.25) is 0 Å². The molecule has 0 atom stereocenters. The molecule has 24 heavy (non-hydrogen) atoms. The lowest BCUT2D eigenvalue weighted by Crippen LogP contribution is -2.26. The van der Waals surface area contributed by atoms with Crippen LogP contribution in [0.25, 0.3) is 22.3 Å². The molecule has 0 aromatic heterocycles. The van der Waals surface area contributed by atoms with Gasteiger partial charge >= 0.3 is 0 Å². The predicted octanol–water partition coefficient (Wildman–Crippen LogP) is 3.70. The van der Waals surface area contributed by atoms with Crippen molar-refractivity contribution in [1.29, 1.82) is 0 Å². The second-order valence-corrected chi connectivity index (χ2v) is 7.08. The van der Waals surface area contributed by atoms with Crippen LogP contribution in [0.15, 0.2) is 46.9 Å². The highest BCUT2D eigenvalue weighted by atomic mass is 16.3. The Hall–Kier alpha value is -2.29.